The Kier molecular flexibility index (Phi) is 3.77. The van der Waals surface area contributed by atoms with Gasteiger partial charge in [0.2, 0.25) is 0 Å². The molecule has 0 bridgehead atoms. The number of fused-ring (bicyclic) bond motifs is 1. The molecule has 0 atom stereocenters. The highest BCUT2D eigenvalue weighted by molar-refractivity contribution is 9.10. The SMILES string of the molecule is CCNc1ncc(CN2C(=O)c3ccc(Br)cc3C2=O)s1. The second-order valence-electron chi connectivity index (χ2n) is 4.55. The fourth-order valence-corrected chi connectivity index (χ4v) is 3.41. The van der Waals surface area contributed by atoms with Gasteiger partial charge in [0.25, 0.3) is 11.8 Å². The molecule has 1 aromatic carbocycles. The van der Waals surface area contributed by atoms with Crippen LogP contribution in [0.4, 0.5) is 5.13 Å². The summed E-state index contributed by atoms with van der Waals surface area (Å²) < 4.78 is 0.788. The van der Waals surface area contributed by atoms with Gasteiger partial charge in [-0.25, -0.2) is 4.98 Å². The highest BCUT2D eigenvalue weighted by Gasteiger charge is 2.35. The number of amides is 2. The molecule has 1 N–H and O–H groups in total. The third kappa shape index (κ3) is 2.58. The van der Waals surface area contributed by atoms with Crippen molar-refractivity contribution in [3.8, 4) is 0 Å². The lowest BCUT2D eigenvalue weighted by Gasteiger charge is -2.11. The van der Waals surface area contributed by atoms with Crippen molar-refractivity contribution in [2.75, 3.05) is 11.9 Å². The maximum absolute atomic E-state index is 12.3. The van der Waals surface area contributed by atoms with Gasteiger partial charge in [0.1, 0.15) is 0 Å². The van der Waals surface area contributed by atoms with E-state index in [4.69, 9.17) is 0 Å². The predicted molar refractivity (Wildman–Crippen MR) is 84.6 cm³/mol. The second kappa shape index (κ2) is 5.57. The van der Waals surface area contributed by atoms with E-state index in [0.717, 1.165) is 21.0 Å². The summed E-state index contributed by atoms with van der Waals surface area (Å²) in [4.78, 5) is 31.0. The molecule has 0 saturated carbocycles. The standard InChI is InChI=1S/C14H12BrN3O2S/c1-2-16-14-17-6-9(21-14)7-18-12(19)10-4-3-8(15)5-11(10)13(18)20/h3-6H,2,7H2,1H3,(H,16,17). The highest BCUT2D eigenvalue weighted by atomic mass is 79.9. The normalized spacial score (nSPS) is 13.7. The molecule has 2 amide bonds. The Bertz CT molecular complexity index is 729. The average Bonchev–Trinajstić information content (AvgIpc) is 2.99. The number of carbonyl (C=O) groups is 2. The molecule has 0 aliphatic carbocycles. The van der Waals surface area contributed by atoms with Crippen LogP contribution in [-0.2, 0) is 6.54 Å². The number of anilines is 1. The fourth-order valence-electron chi connectivity index (χ4n) is 2.18. The molecule has 1 aliphatic rings. The number of hydrogen-bond donors (Lipinski definition) is 1. The zero-order chi connectivity index (χ0) is 15.0. The third-order valence-corrected chi connectivity index (χ3v) is 4.56. The van der Waals surface area contributed by atoms with Crippen LogP contribution in [0.3, 0.4) is 0 Å². The summed E-state index contributed by atoms with van der Waals surface area (Å²) in [5.41, 5.74) is 0.908. The number of halogens is 1. The quantitative estimate of drug-likeness (QED) is 0.845. The first-order valence-corrected chi connectivity index (χ1v) is 8.05. The van der Waals surface area contributed by atoms with Crippen molar-refractivity contribution in [2.24, 2.45) is 0 Å². The molecule has 1 aliphatic heterocycles. The van der Waals surface area contributed by atoms with E-state index in [1.54, 1.807) is 24.4 Å². The van der Waals surface area contributed by atoms with Crippen LogP contribution in [0.25, 0.3) is 0 Å². The van der Waals surface area contributed by atoms with Gasteiger partial charge in [0.05, 0.1) is 17.7 Å². The lowest BCUT2D eigenvalue weighted by Crippen LogP contribution is -2.28. The van der Waals surface area contributed by atoms with E-state index in [1.165, 1.54) is 16.2 Å². The van der Waals surface area contributed by atoms with Gasteiger partial charge in [-0.3, -0.25) is 14.5 Å². The number of benzene rings is 1. The number of imide groups is 1. The fraction of sp³-hybridized carbons (Fsp3) is 0.214. The molecule has 0 spiro atoms. The monoisotopic (exact) mass is 365 g/mol. The second-order valence-corrected chi connectivity index (χ2v) is 6.58. The third-order valence-electron chi connectivity index (χ3n) is 3.13. The molecule has 7 heteroatoms. The van der Waals surface area contributed by atoms with Crippen LogP contribution in [0.15, 0.2) is 28.9 Å². The molecule has 0 fully saturated rings. The summed E-state index contributed by atoms with van der Waals surface area (Å²) in [6, 6.07) is 5.13. The number of nitrogens with zero attached hydrogens (tertiary/aromatic N) is 2. The Morgan fingerprint density at radius 2 is 2.05 bits per heavy atom. The maximum Gasteiger partial charge on any atom is 0.261 e. The molecule has 2 aromatic rings. The molecule has 0 unspecified atom stereocenters. The molecule has 3 rings (SSSR count). The Morgan fingerprint density at radius 3 is 2.81 bits per heavy atom. The van der Waals surface area contributed by atoms with E-state index in [9.17, 15) is 9.59 Å². The van der Waals surface area contributed by atoms with Gasteiger partial charge in [-0.05, 0) is 25.1 Å². The van der Waals surface area contributed by atoms with Crippen LogP contribution in [0.5, 0.6) is 0 Å². The molecule has 21 heavy (non-hydrogen) atoms. The van der Waals surface area contributed by atoms with E-state index in [1.807, 2.05) is 6.92 Å². The Hall–Kier alpha value is -1.73. The molecule has 2 heterocycles. The summed E-state index contributed by atoms with van der Waals surface area (Å²) in [7, 11) is 0. The highest BCUT2D eigenvalue weighted by Crippen LogP contribution is 2.28. The molecular formula is C14H12BrN3O2S. The lowest BCUT2D eigenvalue weighted by molar-refractivity contribution is 0.0644. The molecule has 0 radical (unpaired) electrons. The Morgan fingerprint density at radius 1 is 1.29 bits per heavy atom. The predicted octanol–water partition coefficient (Wildman–Crippen LogP) is 3.13. The van der Waals surface area contributed by atoms with Gasteiger partial charge in [0.15, 0.2) is 5.13 Å². The molecule has 108 valence electrons. The van der Waals surface area contributed by atoms with Gasteiger partial charge in [0, 0.05) is 22.1 Å². The van der Waals surface area contributed by atoms with Crippen molar-refractivity contribution < 1.29 is 9.59 Å². The summed E-state index contributed by atoms with van der Waals surface area (Å²) in [6.07, 6.45) is 1.70. The van der Waals surface area contributed by atoms with Crippen LogP contribution < -0.4 is 5.32 Å². The molecule has 0 saturated heterocycles. The number of aromatic nitrogens is 1. The summed E-state index contributed by atoms with van der Waals surface area (Å²) in [6.45, 7) is 3.03. The van der Waals surface area contributed by atoms with Crippen molar-refractivity contribution in [3.63, 3.8) is 0 Å². The van der Waals surface area contributed by atoms with Crippen molar-refractivity contribution in [3.05, 3.63) is 44.9 Å². The van der Waals surface area contributed by atoms with Gasteiger partial charge in [-0.15, -0.1) is 11.3 Å². The first-order chi connectivity index (χ1) is 10.1. The van der Waals surface area contributed by atoms with Gasteiger partial charge >= 0.3 is 0 Å². The topological polar surface area (TPSA) is 62.3 Å². The summed E-state index contributed by atoms with van der Waals surface area (Å²) in [5.74, 6) is -0.504. The number of rotatable bonds is 4. The van der Waals surface area contributed by atoms with E-state index in [0.29, 0.717) is 11.1 Å². The molecular weight excluding hydrogens is 354 g/mol. The van der Waals surface area contributed by atoms with Crippen molar-refractivity contribution in [1.29, 1.82) is 0 Å². The Balaban J connectivity index is 1.84. The zero-order valence-corrected chi connectivity index (χ0v) is 13.6. The first kappa shape index (κ1) is 14.2. The number of hydrogen-bond acceptors (Lipinski definition) is 5. The van der Waals surface area contributed by atoms with E-state index >= 15 is 0 Å². The number of carbonyl (C=O) groups excluding carboxylic acids is 2. The van der Waals surface area contributed by atoms with Crippen LogP contribution in [0.1, 0.15) is 32.5 Å². The largest absolute Gasteiger partial charge is 0.362 e. The van der Waals surface area contributed by atoms with Gasteiger partial charge in [-0.2, -0.15) is 0 Å². The van der Waals surface area contributed by atoms with Crippen molar-refractivity contribution in [1.82, 2.24) is 9.88 Å². The van der Waals surface area contributed by atoms with E-state index < -0.39 is 0 Å². The number of thiazole rings is 1. The van der Waals surface area contributed by atoms with Crippen LogP contribution in [-0.4, -0.2) is 28.2 Å². The minimum absolute atomic E-state index is 0.249. The number of nitrogens with one attached hydrogen (secondary N) is 1. The molecule has 1 aromatic heterocycles. The van der Waals surface area contributed by atoms with Crippen molar-refractivity contribution >= 4 is 44.2 Å². The minimum atomic E-state index is -0.255. The summed E-state index contributed by atoms with van der Waals surface area (Å²) >= 11 is 4.77. The first-order valence-electron chi connectivity index (χ1n) is 6.44. The van der Waals surface area contributed by atoms with Crippen LogP contribution in [0, 0.1) is 0 Å². The maximum atomic E-state index is 12.3. The Labute approximate surface area is 134 Å². The molecule has 5 nitrogen and oxygen atoms in total. The van der Waals surface area contributed by atoms with Gasteiger partial charge < -0.3 is 5.32 Å². The average molecular weight is 366 g/mol. The zero-order valence-electron chi connectivity index (χ0n) is 11.2. The van der Waals surface area contributed by atoms with Crippen molar-refractivity contribution in [2.45, 2.75) is 13.5 Å². The van der Waals surface area contributed by atoms with Gasteiger partial charge in [-0.1, -0.05) is 15.9 Å². The van der Waals surface area contributed by atoms with E-state index in [2.05, 4.69) is 26.2 Å². The minimum Gasteiger partial charge on any atom is -0.362 e. The van der Waals surface area contributed by atoms with Crippen LogP contribution >= 0.6 is 27.3 Å². The summed E-state index contributed by atoms with van der Waals surface area (Å²) in [5, 5.41) is 3.91. The lowest BCUT2D eigenvalue weighted by atomic mass is 10.1. The van der Waals surface area contributed by atoms with Crippen LogP contribution in [0.2, 0.25) is 0 Å². The smallest absolute Gasteiger partial charge is 0.261 e. The van der Waals surface area contributed by atoms with E-state index in [-0.39, 0.29) is 18.4 Å².